The van der Waals surface area contributed by atoms with Crippen LogP contribution in [0.4, 0.5) is 0 Å². The van der Waals surface area contributed by atoms with E-state index in [-0.39, 0.29) is 17.5 Å². The molecule has 0 radical (unpaired) electrons. The Morgan fingerprint density at radius 1 is 1.25 bits per heavy atom. The molecule has 5 heteroatoms. The number of pyridine rings is 1. The number of carbonyl (C=O) groups is 1. The van der Waals surface area contributed by atoms with Crippen LogP contribution in [0.15, 0.2) is 54.4 Å². The van der Waals surface area contributed by atoms with Crippen molar-refractivity contribution < 1.29 is 4.79 Å². The van der Waals surface area contributed by atoms with E-state index in [9.17, 15) is 10.1 Å². The van der Waals surface area contributed by atoms with Crippen molar-refractivity contribution in [2.75, 3.05) is 0 Å². The summed E-state index contributed by atoms with van der Waals surface area (Å²) in [5, 5.41) is 15.4. The largest absolute Gasteiger partial charge is 0.384 e. The van der Waals surface area contributed by atoms with Gasteiger partial charge in [0.2, 0.25) is 0 Å². The number of amides is 1. The second kappa shape index (κ2) is 9.70. The molecule has 0 aliphatic heterocycles. The standard InChI is InChI=1S/C23H26N4O/c1-2-22(19-11-10-17-7-3-4-8-18(17)13-19)27-23(28)20(14-24)15-25-16-21-9-5-6-12-26-21/h5-6,9-13,15,22,25H,2-4,7-8,16H2,1H3,(H,27,28)/b20-15-. The highest BCUT2D eigenvalue weighted by atomic mass is 16.1. The quantitative estimate of drug-likeness (QED) is 0.572. The summed E-state index contributed by atoms with van der Waals surface area (Å²) in [6, 6.07) is 14.0. The fraction of sp³-hybridized carbons (Fsp3) is 0.348. The molecule has 1 aromatic carbocycles. The Morgan fingerprint density at radius 3 is 2.79 bits per heavy atom. The molecular weight excluding hydrogens is 348 g/mol. The molecule has 1 aliphatic carbocycles. The maximum Gasteiger partial charge on any atom is 0.263 e. The lowest BCUT2D eigenvalue weighted by molar-refractivity contribution is -0.117. The molecule has 5 nitrogen and oxygen atoms in total. The molecular formula is C23H26N4O. The molecule has 2 N–H and O–H groups in total. The zero-order chi connectivity index (χ0) is 19.8. The number of fused-ring (bicyclic) bond motifs is 1. The summed E-state index contributed by atoms with van der Waals surface area (Å²) in [5.41, 5.74) is 4.83. The highest BCUT2D eigenvalue weighted by molar-refractivity contribution is 5.97. The van der Waals surface area contributed by atoms with E-state index in [4.69, 9.17) is 0 Å². The van der Waals surface area contributed by atoms with Gasteiger partial charge in [0.25, 0.3) is 5.91 Å². The molecule has 1 atom stereocenters. The lowest BCUT2D eigenvalue weighted by atomic mass is 9.88. The molecule has 1 aromatic heterocycles. The van der Waals surface area contributed by atoms with E-state index in [0.29, 0.717) is 6.54 Å². The number of aromatic nitrogens is 1. The molecule has 0 fully saturated rings. The molecule has 1 amide bonds. The molecule has 28 heavy (non-hydrogen) atoms. The van der Waals surface area contributed by atoms with Gasteiger partial charge < -0.3 is 10.6 Å². The SMILES string of the molecule is CCC(NC(=O)/C(C#N)=C\NCc1ccccn1)c1ccc2c(c1)CCCC2. The first-order valence-corrected chi connectivity index (χ1v) is 9.87. The van der Waals surface area contributed by atoms with Crippen molar-refractivity contribution in [3.63, 3.8) is 0 Å². The topological polar surface area (TPSA) is 77.8 Å². The van der Waals surface area contributed by atoms with Crippen molar-refractivity contribution in [1.82, 2.24) is 15.6 Å². The Morgan fingerprint density at radius 2 is 2.07 bits per heavy atom. The maximum atomic E-state index is 12.6. The van der Waals surface area contributed by atoms with Crippen LogP contribution in [0, 0.1) is 11.3 Å². The van der Waals surface area contributed by atoms with Crippen molar-refractivity contribution in [1.29, 1.82) is 5.26 Å². The minimum absolute atomic E-state index is 0.0624. The molecule has 2 aromatic rings. The van der Waals surface area contributed by atoms with Gasteiger partial charge in [-0.3, -0.25) is 9.78 Å². The number of nitriles is 1. The fourth-order valence-electron chi connectivity index (χ4n) is 3.54. The molecule has 144 valence electrons. The van der Waals surface area contributed by atoms with Crippen LogP contribution in [-0.4, -0.2) is 10.9 Å². The Labute approximate surface area is 166 Å². The Kier molecular flexibility index (Phi) is 6.80. The number of nitrogens with zero attached hydrogens (tertiary/aromatic N) is 2. The van der Waals surface area contributed by atoms with Gasteiger partial charge in [0.1, 0.15) is 11.6 Å². The minimum atomic E-state index is -0.361. The van der Waals surface area contributed by atoms with Crippen molar-refractivity contribution in [3.05, 3.63) is 76.8 Å². The highest BCUT2D eigenvalue weighted by Crippen LogP contribution is 2.26. The number of benzene rings is 1. The average Bonchev–Trinajstić information content (AvgIpc) is 2.75. The van der Waals surface area contributed by atoms with Crippen LogP contribution in [0.1, 0.15) is 54.6 Å². The number of aryl methyl sites for hydroxylation is 2. The second-order valence-corrected chi connectivity index (χ2v) is 7.04. The van der Waals surface area contributed by atoms with Gasteiger partial charge in [0.05, 0.1) is 18.3 Å². The molecule has 1 heterocycles. The van der Waals surface area contributed by atoms with Crippen LogP contribution >= 0.6 is 0 Å². The third-order valence-electron chi connectivity index (χ3n) is 5.11. The summed E-state index contributed by atoms with van der Waals surface area (Å²) >= 11 is 0. The maximum absolute atomic E-state index is 12.6. The molecule has 0 bridgehead atoms. The molecule has 1 aliphatic rings. The van der Waals surface area contributed by atoms with Gasteiger partial charge in [-0.25, -0.2) is 0 Å². The first-order chi connectivity index (χ1) is 13.7. The van der Waals surface area contributed by atoms with Gasteiger partial charge >= 0.3 is 0 Å². The lowest BCUT2D eigenvalue weighted by Crippen LogP contribution is -2.30. The van der Waals surface area contributed by atoms with Crippen LogP contribution in [0.3, 0.4) is 0 Å². The summed E-state index contributed by atoms with van der Waals surface area (Å²) in [5.74, 6) is -0.361. The van der Waals surface area contributed by atoms with Crippen molar-refractivity contribution in [2.24, 2.45) is 0 Å². The zero-order valence-electron chi connectivity index (χ0n) is 16.2. The Hall–Kier alpha value is -3.13. The van der Waals surface area contributed by atoms with Crippen molar-refractivity contribution in [3.8, 4) is 6.07 Å². The Bertz CT molecular complexity index is 883. The van der Waals surface area contributed by atoms with Crippen LogP contribution in [0.2, 0.25) is 0 Å². The summed E-state index contributed by atoms with van der Waals surface area (Å²) < 4.78 is 0. The molecule has 0 saturated carbocycles. The van der Waals surface area contributed by atoms with Gasteiger partial charge in [0, 0.05) is 12.4 Å². The zero-order valence-corrected chi connectivity index (χ0v) is 16.2. The average molecular weight is 374 g/mol. The van der Waals surface area contributed by atoms with Gasteiger partial charge in [-0.05, 0) is 60.9 Å². The Balaban J connectivity index is 1.65. The molecule has 3 rings (SSSR count). The van der Waals surface area contributed by atoms with Crippen LogP contribution in [0.5, 0.6) is 0 Å². The van der Waals surface area contributed by atoms with E-state index < -0.39 is 0 Å². The smallest absolute Gasteiger partial charge is 0.263 e. The van der Waals surface area contributed by atoms with Gasteiger partial charge in [-0.1, -0.05) is 31.2 Å². The van der Waals surface area contributed by atoms with E-state index >= 15 is 0 Å². The lowest BCUT2D eigenvalue weighted by Gasteiger charge is -2.21. The predicted molar refractivity (Wildman–Crippen MR) is 109 cm³/mol. The highest BCUT2D eigenvalue weighted by Gasteiger charge is 2.18. The summed E-state index contributed by atoms with van der Waals surface area (Å²) in [4.78, 5) is 16.8. The van der Waals surface area contributed by atoms with E-state index in [2.05, 4.69) is 33.8 Å². The van der Waals surface area contributed by atoms with Gasteiger partial charge in [-0.2, -0.15) is 5.26 Å². The monoisotopic (exact) mass is 374 g/mol. The third-order valence-corrected chi connectivity index (χ3v) is 5.11. The van der Waals surface area contributed by atoms with Crippen LogP contribution in [-0.2, 0) is 24.2 Å². The van der Waals surface area contributed by atoms with E-state index in [1.165, 1.54) is 30.2 Å². The second-order valence-electron chi connectivity index (χ2n) is 7.04. The minimum Gasteiger partial charge on any atom is -0.384 e. The predicted octanol–water partition coefficient (Wildman–Crippen LogP) is 3.72. The summed E-state index contributed by atoms with van der Waals surface area (Å²) in [6.07, 6.45) is 8.67. The third kappa shape index (κ3) is 4.98. The molecule has 0 spiro atoms. The first kappa shape index (κ1) is 19.6. The number of hydrogen-bond acceptors (Lipinski definition) is 4. The van der Waals surface area contributed by atoms with E-state index in [1.54, 1.807) is 6.20 Å². The molecule has 0 saturated heterocycles. The number of hydrogen-bond donors (Lipinski definition) is 2. The fourth-order valence-corrected chi connectivity index (χ4v) is 3.54. The van der Waals surface area contributed by atoms with Gasteiger partial charge in [-0.15, -0.1) is 0 Å². The van der Waals surface area contributed by atoms with E-state index in [0.717, 1.165) is 30.5 Å². The van der Waals surface area contributed by atoms with Crippen molar-refractivity contribution >= 4 is 5.91 Å². The molecule has 1 unspecified atom stereocenters. The normalized spacial score (nSPS) is 14.5. The number of rotatable bonds is 7. The number of carbonyl (C=O) groups excluding carboxylic acids is 1. The van der Waals surface area contributed by atoms with Crippen LogP contribution in [0.25, 0.3) is 0 Å². The summed E-state index contributed by atoms with van der Waals surface area (Å²) in [7, 11) is 0. The van der Waals surface area contributed by atoms with Crippen molar-refractivity contribution in [2.45, 2.75) is 51.6 Å². The van der Waals surface area contributed by atoms with Gasteiger partial charge in [0.15, 0.2) is 0 Å². The summed E-state index contributed by atoms with van der Waals surface area (Å²) in [6.45, 7) is 2.50. The van der Waals surface area contributed by atoms with E-state index in [1.807, 2.05) is 31.2 Å². The van der Waals surface area contributed by atoms with Crippen LogP contribution < -0.4 is 10.6 Å². The number of nitrogens with one attached hydrogen (secondary N) is 2. The first-order valence-electron chi connectivity index (χ1n) is 9.87.